The zero-order valence-electron chi connectivity index (χ0n) is 10.7. The summed E-state index contributed by atoms with van der Waals surface area (Å²) in [5.74, 6) is 0. The molecule has 0 saturated heterocycles. The van der Waals surface area contributed by atoms with Crippen LogP contribution in [0, 0.1) is 13.8 Å². The molecule has 1 rings (SSSR count). The Hall–Kier alpha value is -0.600. The number of thiophene rings is 1. The molecule has 1 nitrogen and oxygen atoms in total. The topological polar surface area (TPSA) is 12.0 Å². The molecule has 90 valence electrons. The molecule has 1 N–H and O–H groups in total. The normalized spacial score (nSPS) is 12.7. The smallest absolute Gasteiger partial charge is 0.0415 e. The fraction of sp³-hybridized carbons (Fsp3) is 0.571. The summed E-state index contributed by atoms with van der Waals surface area (Å²) in [4.78, 5) is 2.93. The van der Waals surface area contributed by atoms with Gasteiger partial charge in [0.05, 0.1) is 0 Å². The van der Waals surface area contributed by atoms with E-state index in [9.17, 15) is 0 Å². The summed E-state index contributed by atoms with van der Waals surface area (Å²) in [7, 11) is 0. The molecule has 1 unspecified atom stereocenters. The maximum atomic E-state index is 3.78. The van der Waals surface area contributed by atoms with Crippen LogP contribution in [0.5, 0.6) is 0 Å². The van der Waals surface area contributed by atoms with Gasteiger partial charge in [0.1, 0.15) is 0 Å². The first-order chi connectivity index (χ1) is 7.69. The van der Waals surface area contributed by atoms with Crippen LogP contribution in [0.3, 0.4) is 0 Å². The number of hydrogen-bond donors (Lipinski definition) is 1. The van der Waals surface area contributed by atoms with E-state index in [0.717, 1.165) is 13.0 Å². The summed E-state index contributed by atoms with van der Waals surface area (Å²) in [6.45, 7) is 11.4. The van der Waals surface area contributed by atoms with Gasteiger partial charge in [-0.3, -0.25) is 0 Å². The van der Waals surface area contributed by atoms with Crippen LogP contribution in [0.2, 0.25) is 0 Å². The highest BCUT2D eigenvalue weighted by Crippen LogP contribution is 2.29. The van der Waals surface area contributed by atoms with E-state index in [4.69, 9.17) is 0 Å². The van der Waals surface area contributed by atoms with Crippen LogP contribution < -0.4 is 5.32 Å². The molecule has 2 heteroatoms. The van der Waals surface area contributed by atoms with Crippen molar-refractivity contribution in [2.75, 3.05) is 6.54 Å². The van der Waals surface area contributed by atoms with E-state index in [1.807, 2.05) is 17.4 Å². The number of hydrogen-bond acceptors (Lipinski definition) is 2. The maximum Gasteiger partial charge on any atom is 0.0415 e. The van der Waals surface area contributed by atoms with Crippen molar-refractivity contribution in [3.8, 4) is 0 Å². The quantitative estimate of drug-likeness (QED) is 0.548. The maximum absolute atomic E-state index is 3.78. The molecule has 0 aromatic carbocycles. The summed E-state index contributed by atoms with van der Waals surface area (Å²) in [5, 5.41) is 3.57. The molecule has 0 aliphatic carbocycles. The molecule has 0 amide bonds. The van der Waals surface area contributed by atoms with Gasteiger partial charge in [0.15, 0.2) is 0 Å². The van der Waals surface area contributed by atoms with Crippen LogP contribution in [0.1, 0.15) is 47.5 Å². The largest absolute Gasteiger partial charge is 0.310 e. The van der Waals surface area contributed by atoms with Gasteiger partial charge in [-0.25, -0.2) is 0 Å². The highest BCUT2D eigenvalue weighted by Gasteiger charge is 2.12. The van der Waals surface area contributed by atoms with E-state index in [-0.39, 0.29) is 0 Å². The molecule has 0 spiro atoms. The van der Waals surface area contributed by atoms with E-state index >= 15 is 0 Å². The zero-order valence-corrected chi connectivity index (χ0v) is 11.5. The van der Waals surface area contributed by atoms with Crippen molar-refractivity contribution in [2.24, 2.45) is 0 Å². The van der Waals surface area contributed by atoms with Crippen molar-refractivity contribution in [3.05, 3.63) is 34.0 Å². The van der Waals surface area contributed by atoms with Gasteiger partial charge in [-0.05, 0) is 51.3 Å². The number of aryl methyl sites for hydroxylation is 2. The molecule has 1 heterocycles. The van der Waals surface area contributed by atoms with Crippen LogP contribution in [-0.2, 0) is 0 Å². The molecule has 0 radical (unpaired) electrons. The minimum Gasteiger partial charge on any atom is -0.310 e. The lowest BCUT2D eigenvalue weighted by Crippen LogP contribution is -2.19. The second-order valence-electron chi connectivity index (χ2n) is 4.22. The molecular weight excluding hydrogens is 214 g/mol. The van der Waals surface area contributed by atoms with Crippen LogP contribution in [0.15, 0.2) is 18.7 Å². The van der Waals surface area contributed by atoms with Gasteiger partial charge in [-0.15, -0.1) is 17.9 Å². The first-order valence-corrected chi connectivity index (χ1v) is 6.91. The molecule has 16 heavy (non-hydrogen) atoms. The molecule has 0 aliphatic rings. The standard InChI is InChI=1S/C14H23NS/c1-5-7-8-9-13(15-6-2)14-10-11(3)12(4)16-14/h5,10,13,15H,1,6-9H2,2-4H3. The Morgan fingerprint density at radius 2 is 2.25 bits per heavy atom. The fourth-order valence-electron chi connectivity index (χ4n) is 1.83. The third-order valence-corrected chi connectivity index (χ3v) is 4.15. The molecule has 0 bridgehead atoms. The lowest BCUT2D eigenvalue weighted by molar-refractivity contribution is 0.507. The van der Waals surface area contributed by atoms with Gasteiger partial charge in [0, 0.05) is 15.8 Å². The summed E-state index contributed by atoms with van der Waals surface area (Å²) in [6.07, 6.45) is 5.55. The van der Waals surface area contributed by atoms with E-state index in [1.165, 1.54) is 28.2 Å². The van der Waals surface area contributed by atoms with Crippen molar-refractivity contribution in [1.29, 1.82) is 0 Å². The van der Waals surface area contributed by atoms with Gasteiger partial charge in [0.2, 0.25) is 0 Å². The van der Waals surface area contributed by atoms with Crippen molar-refractivity contribution < 1.29 is 0 Å². The zero-order chi connectivity index (χ0) is 12.0. The molecule has 0 fully saturated rings. The lowest BCUT2D eigenvalue weighted by Gasteiger charge is -2.15. The summed E-state index contributed by atoms with van der Waals surface area (Å²) < 4.78 is 0. The van der Waals surface area contributed by atoms with E-state index in [0.29, 0.717) is 6.04 Å². The first kappa shape index (κ1) is 13.5. The van der Waals surface area contributed by atoms with Crippen molar-refractivity contribution >= 4 is 11.3 Å². The Morgan fingerprint density at radius 1 is 1.50 bits per heavy atom. The average molecular weight is 237 g/mol. The molecule has 0 saturated carbocycles. The molecule has 1 atom stereocenters. The van der Waals surface area contributed by atoms with Gasteiger partial charge >= 0.3 is 0 Å². The minimum absolute atomic E-state index is 0.530. The highest BCUT2D eigenvalue weighted by molar-refractivity contribution is 7.12. The first-order valence-electron chi connectivity index (χ1n) is 6.10. The predicted octanol–water partition coefficient (Wildman–Crippen LogP) is 4.37. The number of rotatable bonds is 7. The highest BCUT2D eigenvalue weighted by atomic mass is 32.1. The summed E-state index contributed by atoms with van der Waals surface area (Å²) in [5.41, 5.74) is 1.42. The number of allylic oxidation sites excluding steroid dienone is 1. The third-order valence-electron chi connectivity index (χ3n) is 2.88. The van der Waals surface area contributed by atoms with Crippen molar-refractivity contribution in [2.45, 2.75) is 46.1 Å². The Labute approximate surface area is 104 Å². The van der Waals surface area contributed by atoms with Gasteiger partial charge in [-0.2, -0.15) is 0 Å². The van der Waals surface area contributed by atoms with Crippen LogP contribution in [0.4, 0.5) is 0 Å². The molecule has 0 aliphatic heterocycles. The minimum atomic E-state index is 0.530. The second-order valence-corrected chi connectivity index (χ2v) is 5.51. The molecule has 1 aromatic heterocycles. The number of nitrogens with one attached hydrogen (secondary N) is 1. The number of unbranched alkanes of at least 4 members (excludes halogenated alkanes) is 1. The third kappa shape index (κ3) is 3.76. The monoisotopic (exact) mass is 237 g/mol. The molecular formula is C14H23NS. The Kier molecular flexibility index (Phi) is 5.78. The van der Waals surface area contributed by atoms with Gasteiger partial charge < -0.3 is 5.32 Å². The predicted molar refractivity (Wildman–Crippen MR) is 74.3 cm³/mol. The van der Waals surface area contributed by atoms with E-state index < -0.39 is 0 Å². The second kappa shape index (κ2) is 6.87. The lowest BCUT2D eigenvalue weighted by atomic mass is 10.1. The van der Waals surface area contributed by atoms with Gasteiger partial charge in [-0.1, -0.05) is 13.0 Å². The Bertz CT molecular complexity index is 308. The van der Waals surface area contributed by atoms with Crippen LogP contribution >= 0.6 is 11.3 Å². The van der Waals surface area contributed by atoms with Crippen molar-refractivity contribution in [1.82, 2.24) is 5.32 Å². The van der Waals surface area contributed by atoms with Crippen molar-refractivity contribution in [3.63, 3.8) is 0 Å². The summed E-state index contributed by atoms with van der Waals surface area (Å²) >= 11 is 1.93. The molecule has 1 aromatic rings. The van der Waals surface area contributed by atoms with E-state index in [2.05, 4.69) is 38.7 Å². The summed E-state index contributed by atoms with van der Waals surface area (Å²) in [6, 6.07) is 2.86. The van der Waals surface area contributed by atoms with Crippen LogP contribution in [-0.4, -0.2) is 6.54 Å². The van der Waals surface area contributed by atoms with Crippen LogP contribution in [0.25, 0.3) is 0 Å². The Morgan fingerprint density at radius 3 is 2.75 bits per heavy atom. The van der Waals surface area contributed by atoms with Gasteiger partial charge in [0.25, 0.3) is 0 Å². The Balaban J connectivity index is 2.64. The fourth-order valence-corrected chi connectivity index (χ4v) is 2.98. The SMILES string of the molecule is C=CCCCC(NCC)c1cc(C)c(C)s1. The van der Waals surface area contributed by atoms with E-state index in [1.54, 1.807) is 0 Å². The average Bonchev–Trinajstić information content (AvgIpc) is 2.58.